The lowest BCUT2D eigenvalue weighted by molar-refractivity contribution is -0.126. The van der Waals surface area contributed by atoms with Gasteiger partial charge in [-0.2, -0.15) is 0 Å². The highest BCUT2D eigenvalue weighted by Crippen LogP contribution is 2.83. The first kappa shape index (κ1) is 14.7. The van der Waals surface area contributed by atoms with Gasteiger partial charge in [-0.1, -0.05) is 26.3 Å². The van der Waals surface area contributed by atoms with Crippen molar-refractivity contribution < 1.29 is 9.90 Å². The summed E-state index contributed by atoms with van der Waals surface area (Å²) >= 11 is 0. The monoisotopic (exact) mass is 314 g/mol. The van der Waals surface area contributed by atoms with Crippen LogP contribution >= 0.6 is 0 Å². The third-order valence-corrected chi connectivity index (χ3v) is 9.39. The molecule has 5 aliphatic rings. The molecule has 8 atom stereocenters. The van der Waals surface area contributed by atoms with Gasteiger partial charge in [-0.25, -0.2) is 0 Å². The highest BCUT2D eigenvalue weighted by Gasteiger charge is 2.78. The van der Waals surface area contributed by atoms with Gasteiger partial charge in [0.15, 0.2) is 5.78 Å². The van der Waals surface area contributed by atoms with Gasteiger partial charge in [0.2, 0.25) is 0 Å². The van der Waals surface area contributed by atoms with Crippen LogP contribution in [0.5, 0.6) is 0 Å². The van der Waals surface area contributed by atoms with Crippen molar-refractivity contribution in [2.75, 3.05) is 0 Å². The zero-order valence-electron chi connectivity index (χ0n) is 14.8. The van der Waals surface area contributed by atoms with Crippen molar-refractivity contribution in [3.8, 4) is 0 Å². The Labute approximate surface area is 139 Å². The van der Waals surface area contributed by atoms with Crippen LogP contribution in [-0.2, 0) is 4.79 Å². The minimum atomic E-state index is -0.0768. The predicted molar refractivity (Wildman–Crippen MR) is 89.7 cm³/mol. The largest absolute Gasteiger partial charge is 0.393 e. The van der Waals surface area contributed by atoms with Crippen LogP contribution in [0.15, 0.2) is 11.6 Å². The van der Waals surface area contributed by atoms with Crippen molar-refractivity contribution in [1.82, 2.24) is 0 Å². The lowest BCUT2D eigenvalue weighted by Crippen LogP contribution is -2.56. The van der Waals surface area contributed by atoms with Gasteiger partial charge in [-0.15, -0.1) is 0 Å². The van der Waals surface area contributed by atoms with E-state index in [2.05, 4.69) is 20.8 Å². The number of carbonyl (C=O) groups is 1. The van der Waals surface area contributed by atoms with Crippen molar-refractivity contribution in [3.63, 3.8) is 0 Å². The average molecular weight is 314 g/mol. The van der Waals surface area contributed by atoms with Crippen LogP contribution in [0, 0.1) is 39.9 Å². The normalized spacial score (nSPS) is 60.3. The van der Waals surface area contributed by atoms with Crippen LogP contribution in [0.2, 0.25) is 0 Å². The van der Waals surface area contributed by atoms with Crippen LogP contribution in [0.4, 0.5) is 0 Å². The summed E-state index contributed by atoms with van der Waals surface area (Å²) in [5.74, 6) is 3.28. The van der Waals surface area contributed by atoms with Crippen molar-refractivity contribution in [3.05, 3.63) is 11.6 Å². The molecule has 126 valence electrons. The fraction of sp³-hybridized carbons (Fsp3) is 0.857. The molecule has 4 saturated carbocycles. The summed E-state index contributed by atoms with van der Waals surface area (Å²) in [6, 6.07) is 0. The third kappa shape index (κ3) is 1.49. The average Bonchev–Trinajstić information content (AvgIpc) is 3.14. The smallest absolute Gasteiger partial charge is 0.155 e. The molecule has 5 aliphatic carbocycles. The molecule has 0 heterocycles. The molecule has 0 bridgehead atoms. The van der Waals surface area contributed by atoms with E-state index >= 15 is 0 Å². The number of carbonyl (C=O) groups excluding carboxylic acids is 1. The Morgan fingerprint density at radius 2 is 2.04 bits per heavy atom. The van der Waals surface area contributed by atoms with Gasteiger partial charge in [0.25, 0.3) is 0 Å². The second-order valence-electron chi connectivity index (χ2n) is 10.0. The fourth-order valence-corrected chi connectivity index (χ4v) is 8.15. The number of ketones is 1. The molecule has 5 rings (SSSR count). The van der Waals surface area contributed by atoms with Crippen LogP contribution in [0.1, 0.15) is 65.7 Å². The molecule has 0 unspecified atom stereocenters. The lowest BCUT2D eigenvalue weighted by Gasteiger charge is -2.61. The molecule has 1 spiro atoms. The highest BCUT2D eigenvalue weighted by molar-refractivity contribution is 5.91. The molecule has 4 fully saturated rings. The molecule has 2 nitrogen and oxygen atoms in total. The Morgan fingerprint density at radius 1 is 1.26 bits per heavy atom. The minimum absolute atomic E-state index is 0.0768. The van der Waals surface area contributed by atoms with E-state index in [1.165, 1.54) is 24.8 Å². The van der Waals surface area contributed by atoms with Crippen molar-refractivity contribution in [2.24, 2.45) is 39.9 Å². The summed E-state index contributed by atoms with van der Waals surface area (Å²) in [6.45, 7) is 7.28. The van der Waals surface area contributed by atoms with Crippen molar-refractivity contribution in [2.45, 2.75) is 71.8 Å². The van der Waals surface area contributed by atoms with E-state index in [0.29, 0.717) is 17.1 Å². The Morgan fingerprint density at radius 3 is 2.83 bits per heavy atom. The minimum Gasteiger partial charge on any atom is -0.393 e. The second-order valence-corrected chi connectivity index (χ2v) is 10.0. The topological polar surface area (TPSA) is 37.3 Å². The first-order valence-corrected chi connectivity index (χ1v) is 9.75. The van der Waals surface area contributed by atoms with Crippen LogP contribution in [0.25, 0.3) is 0 Å². The van der Waals surface area contributed by atoms with E-state index in [1.807, 2.05) is 6.08 Å². The molecule has 0 amide bonds. The number of fused-ring (bicyclic) bond motifs is 3. The molecular weight excluding hydrogens is 284 g/mol. The summed E-state index contributed by atoms with van der Waals surface area (Å²) in [5.41, 5.74) is 2.29. The predicted octanol–water partition coefficient (Wildman–Crippen LogP) is 4.13. The molecule has 2 heteroatoms. The fourth-order valence-electron chi connectivity index (χ4n) is 8.15. The number of hydrogen-bond acceptors (Lipinski definition) is 2. The van der Waals surface area contributed by atoms with Crippen molar-refractivity contribution in [1.29, 1.82) is 0 Å². The molecule has 0 saturated heterocycles. The molecule has 23 heavy (non-hydrogen) atoms. The van der Waals surface area contributed by atoms with Gasteiger partial charge >= 0.3 is 0 Å². The standard InChI is InChI=1S/C21H30O2/c1-12-8-13-9-15(22)4-6-19(13,2)16-5-7-20(3)17(23)10-14-11-21(14,20)18(12)16/h9,12,14,16-18,23H,4-8,10-11H2,1-3H3/t12-,14+,16+,17+,18-,19+,20-,21-/m1/s1. The number of allylic oxidation sites excluding steroid dienone is 1. The Bertz CT molecular complexity index is 621. The SMILES string of the molecule is C[C@@H]1CC2=CC(=O)CC[C@]2(C)[C@H]2CC[C@]3(C)[C@@H](O)C[C@H]4C[C@]43[C@H]12. The summed E-state index contributed by atoms with van der Waals surface area (Å²) in [6.07, 6.45) is 9.70. The quantitative estimate of drug-likeness (QED) is 0.730. The molecule has 0 aromatic heterocycles. The molecule has 0 aromatic carbocycles. The maximum absolute atomic E-state index is 12.0. The third-order valence-electron chi connectivity index (χ3n) is 9.39. The summed E-state index contributed by atoms with van der Waals surface area (Å²) in [7, 11) is 0. The summed E-state index contributed by atoms with van der Waals surface area (Å²) in [4.78, 5) is 12.0. The zero-order chi connectivity index (χ0) is 16.2. The van der Waals surface area contributed by atoms with Crippen molar-refractivity contribution >= 4 is 5.78 Å². The first-order chi connectivity index (χ1) is 10.8. The number of rotatable bonds is 0. The molecular formula is C21H30O2. The van der Waals surface area contributed by atoms with E-state index in [9.17, 15) is 9.90 Å². The first-order valence-electron chi connectivity index (χ1n) is 9.75. The Balaban J connectivity index is 1.61. The second kappa shape index (κ2) is 4.12. The van der Waals surface area contributed by atoms with E-state index in [4.69, 9.17) is 0 Å². The van der Waals surface area contributed by atoms with E-state index in [0.717, 1.165) is 43.4 Å². The molecule has 0 aromatic rings. The maximum atomic E-state index is 12.0. The maximum Gasteiger partial charge on any atom is 0.155 e. The van der Waals surface area contributed by atoms with Crippen LogP contribution in [0.3, 0.4) is 0 Å². The number of aliphatic hydroxyl groups excluding tert-OH is 1. The summed E-state index contributed by atoms with van der Waals surface area (Å²) < 4.78 is 0. The molecule has 1 N–H and O–H groups in total. The van der Waals surface area contributed by atoms with Gasteiger partial charge in [-0.3, -0.25) is 4.79 Å². The van der Waals surface area contributed by atoms with Crippen LogP contribution in [-0.4, -0.2) is 17.0 Å². The number of hydrogen-bond donors (Lipinski definition) is 1. The van der Waals surface area contributed by atoms with Gasteiger partial charge in [0.1, 0.15) is 0 Å². The number of aliphatic hydroxyl groups is 1. The zero-order valence-corrected chi connectivity index (χ0v) is 14.8. The molecule has 0 aliphatic heterocycles. The Hall–Kier alpha value is -0.630. The van der Waals surface area contributed by atoms with E-state index in [-0.39, 0.29) is 16.9 Å². The lowest BCUT2D eigenvalue weighted by atomic mass is 9.43. The van der Waals surface area contributed by atoms with E-state index < -0.39 is 0 Å². The highest BCUT2D eigenvalue weighted by atomic mass is 16.3. The van der Waals surface area contributed by atoms with Crippen LogP contribution < -0.4 is 0 Å². The van der Waals surface area contributed by atoms with Gasteiger partial charge < -0.3 is 5.11 Å². The van der Waals surface area contributed by atoms with Gasteiger partial charge in [0.05, 0.1) is 6.10 Å². The van der Waals surface area contributed by atoms with Gasteiger partial charge in [0, 0.05) is 6.42 Å². The summed E-state index contributed by atoms with van der Waals surface area (Å²) in [5, 5.41) is 10.7. The molecule has 0 radical (unpaired) electrons. The van der Waals surface area contributed by atoms with E-state index in [1.54, 1.807) is 0 Å². The Kier molecular flexibility index (Phi) is 2.63. The van der Waals surface area contributed by atoms with Gasteiger partial charge in [-0.05, 0) is 84.5 Å².